The summed E-state index contributed by atoms with van der Waals surface area (Å²) in [5, 5.41) is 3.79. The van der Waals surface area contributed by atoms with E-state index in [4.69, 9.17) is 32.7 Å². The maximum absolute atomic E-state index is 13.3. The predicted octanol–water partition coefficient (Wildman–Crippen LogP) is 5.28. The molecule has 0 aliphatic heterocycles. The molecule has 6 nitrogen and oxygen atoms in total. The van der Waals surface area contributed by atoms with Crippen molar-refractivity contribution in [3.8, 4) is 11.5 Å². The van der Waals surface area contributed by atoms with E-state index in [1.165, 1.54) is 0 Å². The lowest BCUT2D eigenvalue weighted by Gasteiger charge is -2.31. The molecule has 0 aliphatic carbocycles. The highest BCUT2D eigenvalue weighted by Gasteiger charge is 2.28. The summed E-state index contributed by atoms with van der Waals surface area (Å²) in [4.78, 5) is 27.7. The van der Waals surface area contributed by atoms with Crippen molar-refractivity contribution in [1.82, 2.24) is 10.2 Å². The molecule has 0 saturated carbocycles. The zero-order valence-corrected chi connectivity index (χ0v) is 21.5. The first-order chi connectivity index (χ1) is 15.4. The number of nitrogens with one attached hydrogen (secondary N) is 1. The van der Waals surface area contributed by atoms with Gasteiger partial charge in [0.15, 0.2) is 11.5 Å². The number of rotatable bonds is 9. The summed E-state index contributed by atoms with van der Waals surface area (Å²) in [5.74, 6) is 0.865. The molecule has 33 heavy (non-hydrogen) atoms. The topological polar surface area (TPSA) is 67.9 Å². The van der Waals surface area contributed by atoms with E-state index >= 15 is 0 Å². The number of carbonyl (C=O) groups excluding carboxylic acids is 2. The Hall–Kier alpha value is -2.44. The number of amides is 2. The normalized spacial score (nSPS) is 12.1. The molecular formula is C25H32Cl2N2O4. The molecule has 0 saturated heterocycles. The molecule has 0 fully saturated rings. The first-order valence-corrected chi connectivity index (χ1v) is 11.5. The molecular weight excluding hydrogens is 463 g/mol. The molecule has 2 aromatic rings. The van der Waals surface area contributed by atoms with Gasteiger partial charge in [-0.05, 0) is 69.5 Å². The Labute approximate surface area is 206 Å². The third-order valence-corrected chi connectivity index (χ3v) is 5.82. The monoisotopic (exact) mass is 494 g/mol. The lowest BCUT2D eigenvalue weighted by Crippen LogP contribution is -2.52. The van der Waals surface area contributed by atoms with Gasteiger partial charge in [-0.2, -0.15) is 0 Å². The predicted molar refractivity (Wildman–Crippen MR) is 132 cm³/mol. The molecule has 2 rings (SSSR count). The Morgan fingerprint density at radius 3 is 2.18 bits per heavy atom. The van der Waals surface area contributed by atoms with E-state index in [2.05, 4.69) is 5.32 Å². The van der Waals surface area contributed by atoms with Gasteiger partial charge in [-0.3, -0.25) is 9.59 Å². The van der Waals surface area contributed by atoms with Crippen LogP contribution in [0.4, 0.5) is 0 Å². The van der Waals surface area contributed by atoms with Crippen LogP contribution in [0.15, 0.2) is 36.4 Å². The van der Waals surface area contributed by atoms with Gasteiger partial charge in [0, 0.05) is 18.5 Å². The van der Waals surface area contributed by atoms with Crippen LogP contribution in [0.5, 0.6) is 11.5 Å². The van der Waals surface area contributed by atoms with Crippen molar-refractivity contribution in [3.63, 3.8) is 0 Å². The number of hydrogen-bond donors (Lipinski definition) is 1. The smallest absolute Gasteiger partial charge is 0.242 e. The number of methoxy groups -OCH3 is 2. The Balaban J connectivity index is 2.22. The van der Waals surface area contributed by atoms with Crippen molar-refractivity contribution in [1.29, 1.82) is 0 Å². The molecule has 1 unspecified atom stereocenters. The number of nitrogens with zero attached hydrogens (tertiary/aromatic N) is 1. The molecule has 8 heteroatoms. The first-order valence-electron chi connectivity index (χ1n) is 10.7. The zero-order chi connectivity index (χ0) is 24.8. The molecule has 0 heterocycles. The van der Waals surface area contributed by atoms with E-state index in [1.54, 1.807) is 44.2 Å². The van der Waals surface area contributed by atoms with E-state index in [0.29, 0.717) is 28.0 Å². The molecule has 0 radical (unpaired) electrons. The highest BCUT2D eigenvalue weighted by Crippen LogP contribution is 2.28. The number of carbonyl (C=O) groups is 2. The van der Waals surface area contributed by atoms with Gasteiger partial charge in [-0.25, -0.2) is 0 Å². The van der Waals surface area contributed by atoms with Gasteiger partial charge in [0.2, 0.25) is 11.8 Å². The van der Waals surface area contributed by atoms with E-state index in [9.17, 15) is 9.59 Å². The quantitative estimate of drug-likeness (QED) is 0.515. The SMILES string of the molecule is COc1ccc(CCC(=O)N(Cc2ccc(Cl)c(Cl)c2)C(C)C(=O)NC(C)(C)C)cc1OC. The minimum absolute atomic E-state index is 0.146. The van der Waals surface area contributed by atoms with Crippen LogP contribution in [0.1, 0.15) is 45.2 Å². The van der Waals surface area contributed by atoms with Gasteiger partial charge in [0.05, 0.1) is 24.3 Å². The fourth-order valence-electron chi connectivity index (χ4n) is 3.32. The average Bonchev–Trinajstić information content (AvgIpc) is 2.76. The summed E-state index contributed by atoms with van der Waals surface area (Å²) in [6, 6.07) is 10.1. The number of halogens is 2. The number of aryl methyl sites for hydroxylation is 1. The van der Waals surface area contributed by atoms with Crippen LogP contribution < -0.4 is 14.8 Å². The van der Waals surface area contributed by atoms with Crippen molar-refractivity contribution in [2.24, 2.45) is 0 Å². The average molecular weight is 495 g/mol. The minimum atomic E-state index is -0.670. The third-order valence-electron chi connectivity index (χ3n) is 5.08. The van der Waals surface area contributed by atoms with E-state index < -0.39 is 11.6 Å². The highest BCUT2D eigenvalue weighted by atomic mass is 35.5. The van der Waals surface area contributed by atoms with Gasteiger partial charge in [-0.1, -0.05) is 35.3 Å². The third kappa shape index (κ3) is 7.83. The van der Waals surface area contributed by atoms with Crippen LogP contribution in [0, 0.1) is 0 Å². The summed E-state index contributed by atoms with van der Waals surface area (Å²) >= 11 is 12.2. The van der Waals surface area contributed by atoms with E-state index in [1.807, 2.05) is 39.0 Å². The summed E-state index contributed by atoms with van der Waals surface area (Å²) in [6.45, 7) is 7.67. The summed E-state index contributed by atoms with van der Waals surface area (Å²) in [7, 11) is 3.15. The largest absolute Gasteiger partial charge is 0.493 e. The van der Waals surface area contributed by atoms with Crippen LogP contribution in [-0.2, 0) is 22.6 Å². The maximum atomic E-state index is 13.3. The first kappa shape index (κ1) is 26.8. The van der Waals surface area contributed by atoms with Crippen molar-refractivity contribution < 1.29 is 19.1 Å². The molecule has 2 amide bonds. The number of ether oxygens (including phenoxy) is 2. The van der Waals surface area contributed by atoms with Crippen LogP contribution in [0.3, 0.4) is 0 Å². The molecule has 0 spiro atoms. The minimum Gasteiger partial charge on any atom is -0.493 e. The molecule has 180 valence electrons. The van der Waals surface area contributed by atoms with Crippen molar-refractivity contribution in [3.05, 3.63) is 57.6 Å². The molecule has 0 aliphatic rings. The standard InChI is InChI=1S/C25H32Cl2N2O4/c1-16(24(31)28-25(2,3)4)29(15-18-7-10-19(26)20(27)13-18)23(30)12-9-17-8-11-21(32-5)22(14-17)33-6/h7-8,10-11,13-14,16H,9,12,15H2,1-6H3,(H,28,31). The second kappa shape index (κ2) is 11.6. The fourth-order valence-corrected chi connectivity index (χ4v) is 3.64. The molecule has 2 aromatic carbocycles. The number of hydrogen-bond acceptors (Lipinski definition) is 4. The summed E-state index contributed by atoms with van der Waals surface area (Å²) in [6.07, 6.45) is 0.717. The Morgan fingerprint density at radius 1 is 0.970 bits per heavy atom. The summed E-state index contributed by atoms with van der Waals surface area (Å²) in [5.41, 5.74) is 1.31. The molecule has 0 aromatic heterocycles. The van der Waals surface area contributed by atoms with Crippen molar-refractivity contribution >= 4 is 35.0 Å². The fraction of sp³-hybridized carbons (Fsp3) is 0.440. The van der Waals surface area contributed by atoms with Gasteiger partial charge < -0.3 is 19.7 Å². The van der Waals surface area contributed by atoms with Gasteiger partial charge in [0.25, 0.3) is 0 Å². The van der Waals surface area contributed by atoms with Gasteiger partial charge in [-0.15, -0.1) is 0 Å². The Bertz CT molecular complexity index is 989. The van der Waals surface area contributed by atoms with Gasteiger partial charge in [0.1, 0.15) is 6.04 Å². The van der Waals surface area contributed by atoms with E-state index in [-0.39, 0.29) is 24.8 Å². The zero-order valence-electron chi connectivity index (χ0n) is 20.0. The van der Waals surface area contributed by atoms with Crippen molar-refractivity contribution in [2.45, 2.75) is 58.7 Å². The van der Waals surface area contributed by atoms with Crippen LogP contribution in [0.2, 0.25) is 10.0 Å². The van der Waals surface area contributed by atoms with Crippen molar-refractivity contribution in [2.75, 3.05) is 14.2 Å². The molecule has 1 atom stereocenters. The second-order valence-corrected chi connectivity index (χ2v) is 9.69. The second-order valence-electron chi connectivity index (χ2n) is 8.87. The van der Waals surface area contributed by atoms with Gasteiger partial charge >= 0.3 is 0 Å². The van der Waals surface area contributed by atoms with E-state index in [0.717, 1.165) is 11.1 Å². The lowest BCUT2D eigenvalue weighted by molar-refractivity contribution is -0.141. The molecule has 1 N–H and O–H groups in total. The van der Waals surface area contributed by atoms with Crippen LogP contribution in [-0.4, -0.2) is 42.5 Å². The lowest BCUT2D eigenvalue weighted by atomic mass is 10.1. The highest BCUT2D eigenvalue weighted by molar-refractivity contribution is 6.42. The Morgan fingerprint density at radius 2 is 1.61 bits per heavy atom. The number of benzene rings is 2. The van der Waals surface area contributed by atoms with Crippen LogP contribution >= 0.6 is 23.2 Å². The maximum Gasteiger partial charge on any atom is 0.242 e. The van der Waals surface area contributed by atoms with Crippen LogP contribution in [0.25, 0.3) is 0 Å². The molecule has 0 bridgehead atoms. The summed E-state index contributed by atoms with van der Waals surface area (Å²) < 4.78 is 10.6. The Kier molecular flexibility index (Phi) is 9.44.